The summed E-state index contributed by atoms with van der Waals surface area (Å²) in [6.07, 6.45) is 3.44. The zero-order chi connectivity index (χ0) is 8.10. The molecule has 0 aromatic carbocycles. The molecule has 2 nitrogen and oxygen atoms in total. The maximum absolute atomic E-state index is 8.46. The second-order valence-electron chi connectivity index (χ2n) is 1.93. The number of nitriles is 1. The number of thiophene rings is 1. The molecule has 1 aromatic rings. The van der Waals surface area contributed by atoms with E-state index in [1.807, 2.05) is 6.07 Å². The van der Waals surface area contributed by atoms with Gasteiger partial charge in [0, 0.05) is 10.3 Å². The Morgan fingerprint density at radius 1 is 1.73 bits per heavy atom. The van der Waals surface area contributed by atoms with Crippen LogP contribution in [0.25, 0.3) is 6.08 Å². The van der Waals surface area contributed by atoms with Crippen molar-refractivity contribution in [3.05, 3.63) is 28.0 Å². The Bertz CT molecular complexity index is 295. The number of aliphatic hydroxyl groups is 1. The topological polar surface area (TPSA) is 44.0 Å². The first kappa shape index (κ1) is 7.99. The largest absolute Gasteiger partial charge is 0.392 e. The summed E-state index contributed by atoms with van der Waals surface area (Å²) in [5.74, 6) is 0. The molecule has 0 saturated carbocycles. The molecule has 1 N–H and O–H groups in total. The molecule has 0 radical (unpaired) electrons. The molecule has 0 aliphatic heterocycles. The predicted octanol–water partition coefficient (Wildman–Crippen LogP) is 1.63. The summed E-state index contributed by atoms with van der Waals surface area (Å²) in [6, 6.07) is 3.83. The average Bonchev–Trinajstić information content (AvgIpc) is 2.48. The SMILES string of the molecule is N#Cc1csc(/C=C/CO)c1. The van der Waals surface area contributed by atoms with Crippen LogP contribution in [0.4, 0.5) is 0 Å². The monoisotopic (exact) mass is 165 g/mol. The molecule has 0 aliphatic rings. The fourth-order valence-corrected chi connectivity index (χ4v) is 1.42. The van der Waals surface area contributed by atoms with E-state index in [1.54, 1.807) is 23.6 Å². The molecule has 0 unspecified atom stereocenters. The van der Waals surface area contributed by atoms with Crippen LogP contribution in [0, 0.1) is 11.3 Å². The van der Waals surface area contributed by atoms with Gasteiger partial charge in [-0.1, -0.05) is 6.08 Å². The Kier molecular flexibility index (Phi) is 2.84. The maximum atomic E-state index is 8.46. The molecule has 11 heavy (non-hydrogen) atoms. The third-order valence-electron chi connectivity index (χ3n) is 1.14. The standard InChI is InChI=1S/C8H7NOS/c9-5-7-4-8(11-6-7)2-1-3-10/h1-2,4,6,10H,3H2/b2-1+. The van der Waals surface area contributed by atoms with Crippen molar-refractivity contribution in [1.29, 1.82) is 5.26 Å². The van der Waals surface area contributed by atoms with Gasteiger partial charge < -0.3 is 5.11 Å². The van der Waals surface area contributed by atoms with Gasteiger partial charge in [-0.2, -0.15) is 5.26 Å². The summed E-state index contributed by atoms with van der Waals surface area (Å²) < 4.78 is 0. The highest BCUT2D eigenvalue weighted by molar-refractivity contribution is 7.11. The minimum atomic E-state index is 0.0415. The van der Waals surface area contributed by atoms with E-state index >= 15 is 0 Å². The lowest BCUT2D eigenvalue weighted by molar-refractivity contribution is 0.343. The first-order valence-electron chi connectivity index (χ1n) is 3.13. The first-order chi connectivity index (χ1) is 5.36. The zero-order valence-corrected chi connectivity index (χ0v) is 6.64. The molecule has 0 fully saturated rings. The van der Waals surface area contributed by atoms with Crippen molar-refractivity contribution in [3.63, 3.8) is 0 Å². The van der Waals surface area contributed by atoms with Crippen molar-refractivity contribution < 1.29 is 5.11 Å². The van der Waals surface area contributed by atoms with Gasteiger partial charge >= 0.3 is 0 Å². The Labute approximate surface area is 69.0 Å². The Morgan fingerprint density at radius 3 is 3.09 bits per heavy atom. The highest BCUT2D eigenvalue weighted by Gasteiger charge is 1.93. The minimum Gasteiger partial charge on any atom is -0.392 e. The van der Waals surface area contributed by atoms with Crippen LogP contribution in [0.5, 0.6) is 0 Å². The molecule has 0 bridgehead atoms. The van der Waals surface area contributed by atoms with Gasteiger partial charge in [0.05, 0.1) is 12.2 Å². The zero-order valence-electron chi connectivity index (χ0n) is 5.82. The highest BCUT2D eigenvalue weighted by Crippen LogP contribution is 2.14. The summed E-state index contributed by atoms with van der Waals surface area (Å²) >= 11 is 1.49. The van der Waals surface area contributed by atoms with Gasteiger partial charge in [0.1, 0.15) is 6.07 Å². The number of aliphatic hydroxyl groups excluding tert-OH is 1. The fraction of sp³-hybridized carbons (Fsp3) is 0.125. The van der Waals surface area contributed by atoms with E-state index in [0.29, 0.717) is 5.56 Å². The first-order valence-corrected chi connectivity index (χ1v) is 4.01. The van der Waals surface area contributed by atoms with E-state index in [9.17, 15) is 0 Å². The molecule has 1 heterocycles. The highest BCUT2D eigenvalue weighted by atomic mass is 32.1. The van der Waals surface area contributed by atoms with Crippen LogP contribution in [0.15, 0.2) is 17.5 Å². The van der Waals surface area contributed by atoms with E-state index in [1.165, 1.54) is 11.3 Å². The second kappa shape index (κ2) is 3.91. The lowest BCUT2D eigenvalue weighted by atomic mass is 10.3. The van der Waals surface area contributed by atoms with Gasteiger partial charge in [0.2, 0.25) is 0 Å². The molecule has 1 rings (SSSR count). The maximum Gasteiger partial charge on any atom is 0.100 e. The Balaban J connectivity index is 2.75. The van der Waals surface area contributed by atoms with E-state index in [0.717, 1.165) is 4.88 Å². The summed E-state index contributed by atoms with van der Waals surface area (Å²) in [4.78, 5) is 0.996. The van der Waals surface area contributed by atoms with Gasteiger partial charge in [0.15, 0.2) is 0 Å². The third-order valence-corrected chi connectivity index (χ3v) is 2.03. The molecular formula is C8H7NOS. The summed E-state index contributed by atoms with van der Waals surface area (Å²) in [6.45, 7) is 0.0415. The van der Waals surface area contributed by atoms with E-state index in [-0.39, 0.29) is 6.61 Å². The Morgan fingerprint density at radius 2 is 2.55 bits per heavy atom. The molecule has 0 amide bonds. The van der Waals surface area contributed by atoms with Crippen LogP contribution in [-0.2, 0) is 0 Å². The van der Waals surface area contributed by atoms with Gasteiger partial charge in [-0.05, 0) is 12.1 Å². The van der Waals surface area contributed by atoms with Crippen LogP contribution >= 0.6 is 11.3 Å². The number of hydrogen-bond acceptors (Lipinski definition) is 3. The van der Waals surface area contributed by atoms with Gasteiger partial charge in [-0.25, -0.2) is 0 Å². The Hall–Kier alpha value is -1.11. The molecular weight excluding hydrogens is 158 g/mol. The number of nitrogens with zero attached hydrogens (tertiary/aromatic N) is 1. The molecule has 56 valence electrons. The number of rotatable bonds is 2. The quantitative estimate of drug-likeness (QED) is 0.723. The molecule has 3 heteroatoms. The predicted molar refractivity (Wildman–Crippen MR) is 45.2 cm³/mol. The third kappa shape index (κ3) is 2.19. The number of hydrogen-bond donors (Lipinski definition) is 1. The van der Waals surface area contributed by atoms with Crippen LogP contribution < -0.4 is 0 Å². The van der Waals surface area contributed by atoms with Crippen molar-refractivity contribution in [1.82, 2.24) is 0 Å². The lowest BCUT2D eigenvalue weighted by Crippen LogP contribution is -1.68. The van der Waals surface area contributed by atoms with Crippen LogP contribution in [0.1, 0.15) is 10.4 Å². The smallest absolute Gasteiger partial charge is 0.100 e. The van der Waals surface area contributed by atoms with Crippen LogP contribution in [0.3, 0.4) is 0 Å². The van der Waals surface area contributed by atoms with E-state index in [4.69, 9.17) is 10.4 Å². The summed E-state index contributed by atoms with van der Waals surface area (Å²) in [7, 11) is 0. The average molecular weight is 165 g/mol. The molecule has 0 atom stereocenters. The molecule has 0 aliphatic carbocycles. The minimum absolute atomic E-state index is 0.0415. The van der Waals surface area contributed by atoms with E-state index in [2.05, 4.69) is 0 Å². The second-order valence-corrected chi connectivity index (χ2v) is 2.88. The van der Waals surface area contributed by atoms with Gasteiger partial charge in [0.25, 0.3) is 0 Å². The molecule has 0 saturated heterocycles. The summed E-state index contributed by atoms with van der Waals surface area (Å²) in [5, 5.41) is 18.7. The molecule has 0 spiro atoms. The van der Waals surface area contributed by atoms with Crippen molar-refractivity contribution in [2.75, 3.05) is 6.61 Å². The van der Waals surface area contributed by atoms with Crippen molar-refractivity contribution in [2.24, 2.45) is 0 Å². The fourth-order valence-electron chi connectivity index (χ4n) is 0.668. The van der Waals surface area contributed by atoms with Crippen molar-refractivity contribution in [2.45, 2.75) is 0 Å². The normalized spacial score (nSPS) is 10.2. The van der Waals surface area contributed by atoms with Crippen LogP contribution in [-0.4, -0.2) is 11.7 Å². The van der Waals surface area contributed by atoms with Crippen molar-refractivity contribution in [3.8, 4) is 6.07 Å². The van der Waals surface area contributed by atoms with Crippen molar-refractivity contribution >= 4 is 17.4 Å². The van der Waals surface area contributed by atoms with Gasteiger partial charge in [-0.3, -0.25) is 0 Å². The summed E-state index contributed by atoms with van der Waals surface area (Å²) in [5.41, 5.74) is 0.674. The van der Waals surface area contributed by atoms with Gasteiger partial charge in [-0.15, -0.1) is 11.3 Å². The molecule has 1 aromatic heterocycles. The lowest BCUT2D eigenvalue weighted by Gasteiger charge is -1.79. The van der Waals surface area contributed by atoms with E-state index < -0.39 is 0 Å². The van der Waals surface area contributed by atoms with Crippen LogP contribution in [0.2, 0.25) is 0 Å².